The van der Waals surface area contributed by atoms with Gasteiger partial charge in [0.15, 0.2) is 6.61 Å². The number of nitrogens with two attached hydrogens (primary N) is 1. The van der Waals surface area contributed by atoms with E-state index in [4.69, 9.17) is 57.6 Å². The number of nitrogens with one attached hydrogen (secondary N) is 4. The molecule has 0 radical (unpaired) electrons. The standard InChI is InChI=1S/C44H65Cl2N9O9S/c1-48-54(19-21-61-23-25-62-24-22-60-20-18-49-41(56)5-3-2-4-39-43-38(30-65-39)51-44(58)52-43)26-34(53-59)27-55(42(57)29-64-37-16-8-32(46)9-17-37)35-12-10-33(11-13-35)50-40(47)28-63-36-14-6-31(45)7-15-36/h6-9,14-17,33-35,38-39,43,48H,2-5,10-13,18-30H2,1H3,(H2,47,50)(H,49,56)(H2,51,52,58)/t33?,34?,35?,38?,39-,43?/m0/s1. The number of aliphatic imine (C=N–C) groups is 1. The van der Waals surface area contributed by atoms with Crippen LogP contribution in [0.2, 0.25) is 10.0 Å². The summed E-state index contributed by atoms with van der Waals surface area (Å²) in [4.78, 5) is 56.2. The second-order valence-corrected chi connectivity index (χ2v) is 18.2. The van der Waals surface area contributed by atoms with E-state index in [1.165, 1.54) is 0 Å². The molecule has 2 aromatic rings. The average molecular weight is 967 g/mol. The summed E-state index contributed by atoms with van der Waals surface area (Å²) in [5.74, 6) is 2.25. The number of urea groups is 1. The van der Waals surface area contributed by atoms with Crippen molar-refractivity contribution in [3.63, 3.8) is 0 Å². The Morgan fingerprint density at radius 1 is 0.862 bits per heavy atom. The van der Waals surface area contributed by atoms with E-state index < -0.39 is 6.04 Å². The molecule has 3 aliphatic rings. The fourth-order valence-electron chi connectivity index (χ4n) is 7.91. The summed E-state index contributed by atoms with van der Waals surface area (Å²) in [6.07, 6.45) is 5.96. The first-order valence-corrected chi connectivity index (χ1v) is 24.2. The van der Waals surface area contributed by atoms with Crippen LogP contribution in [0, 0.1) is 4.91 Å². The number of halogens is 2. The quantitative estimate of drug-likeness (QED) is 0.0177. The van der Waals surface area contributed by atoms with E-state index in [0.717, 1.165) is 25.0 Å². The molecule has 2 aliphatic heterocycles. The SMILES string of the molecule is CNN(CCOCCOCCOCCNC(=O)CCCC[C@@H]1SCC2NC(=O)NC21)CC(CN(C(=O)COc1ccc(Cl)cc1)C1CCC(N=C(N)COc2ccc(Cl)cc2)CC1)N=O. The average Bonchev–Trinajstić information content (AvgIpc) is 3.87. The van der Waals surface area contributed by atoms with E-state index >= 15 is 0 Å². The number of hydrogen-bond donors (Lipinski definition) is 5. The van der Waals surface area contributed by atoms with E-state index in [1.54, 1.807) is 60.5 Å². The van der Waals surface area contributed by atoms with Crippen molar-refractivity contribution in [2.75, 3.05) is 91.8 Å². The molecule has 4 amide bonds. The number of carbonyl (C=O) groups is 3. The summed E-state index contributed by atoms with van der Waals surface area (Å²) in [6, 6.07) is 13.3. The number of fused-ring (bicyclic) bond motifs is 1. The number of hydrogen-bond acceptors (Lipinski definition) is 14. The number of ether oxygens (including phenoxy) is 5. The van der Waals surface area contributed by atoms with Gasteiger partial charge in [-0.25, -0.2) is 9.80 Å². The summed E-state index contributed by atoms with van der Waals surface area (Å²) in [5.41, 5.74) is 9.32. The molecule has 18 nitrogen and oxygen atoms in total. The molecule has 5 rings (SSSR count). The molecule has 4 atom stereocenters. The molecular weight excluding hydrogens is 902 g/mol. The van der Waals surface area contributed by atoms with Crippen LogP contribution in [0.5, 0.6) is 11.5 Å². The Kier molecular flexibility index (Phi) is 23.2. The van der Waals surface area contributed by atoms with Crippen molar-refractivity contribution in [1.29, 1.82) is 0 Å². The van der Waals surface area contributed by atoms with Crippen molar-refractivity contribution in [3.8, 4) is 11.5 Å². The largest absolute Gasteiger partial charge is 0.486 e. The van der Waals surface area contributed by atoms with E-state index in [-0.39, 0.29) is 68.3 Å². The Morgan fingerprint density at radius 2 is 1.49 bits per heavy atom. The molecule has 0 spiro atoms. The molecule has 2 saturated heterocycles. The third-order valence-corrected chi connectivity index (χ3v) is 13.4. The third-order valence-electron chi connectivity index (χ3n) is 11.4. The molecule has 21 heteroatoms. The van der Waals surface area contributed by atoms with Gasteiger partial charge in [-0.3, -0.25) is 20.0 Å². The van der Waals surface area contributed by atoms with Crippen LogP contribution in [-0.4, -0.2) is 161 Å². The summed E-state index contributed by atoms with van der Waals surface area (Å²) in [7, 11) is 1.76. The molecule has 3 unspecified atom stereocenters. The molecule has 1 aliphatic carbocycles. The first-order chi connectivity index (χ1) is 31.6. The van der Waals surface area contributed by atoms with E-state index in [1.807, 2.05) is 16.8 Å². The number of carbonyl (C=O) groups excluding carboxylic acids is 3. The van der Waals surface area contributed by atoms with Gasteiger partial charge in [-0.2, -0.15) is 16.7 Å². The van der Waals surface area contributed by atoms with Crippen LogP contribution in [0.3, 0.4) is 0 Å². The van der Waals surface area contributed by atoms with Crippen molar-refractivity contribution in [2.45, 2.75) is 86.8 Å². The Morgan fingerprint density at radius 3 is 2.14 bits per heavy atom. The van der Waals surface area contributed by atoms with Crippen molar-refractivity contribution in [3.05, 3.63) is 63.5 Å². The second-order valence-electron chi connectivity index (χ2n) is 16.1. The Balaban J connectivity index is 0.935. The van der Waals surface area contributed by atoms with Crippen LogP contribution in [0.1, 0.15) is 51.4 Å². The fraction of sp³-hybridized carbons (Fsp3) is 0.636. The lowest BCUT2D eigenvalue weighted by molar-refractivity contribution is -0.137. The van der Waals surface area contributed by atoms with Gasteiger partial charge < -0.3 is 50.3 Å². The molecular formula is C44H65Cl2N9O9S. The second kappa shape index (κ2) is 28.9. The highest BCUT2D eigenvalue weighted by molar-refractivity contribution is 8.00. The maximum Gasteiger partial charge on any atom is 0.315 e. The highest BCUT2D eigenvalue weighted by Crippen LogP contribution is 2.33. The summed E-state index contributed by atoms with van der Waals surface area (Å²) < 4.78 is 28.5. The topological polar surface area (TPSA) is 220 Å². The van der Waals surface area contributed by atoms with Crippen molar-refractivity contribution >= 4 is 58.6 Å². The molecule has 1 saturated carbocycles. The van der Waals surface area contributed by atoms with Crippen LogP contribution in [0.15, 0.2) is 58.7 Å². The predicted molar refractivity (Wildman–Crippen MR) is 253 cm³/mol. The van der Waals surface area contributed by atoms with Gasteiger partial charge in [-0.1, -0.05) is 34.8 Å². The summed E-state index contributed by atoms with van der Waals surface area (Å²) >= 11 is 13.9. The number of unbranched alkanes of at least 4 members (excludes halogenated alkanes) is 1. The number of nitroso groups, excluding NO2 is 1. The summed E-state index contributed by atoms with van der Waals surface area (Å²) in [5, 5.41) is 15.7. The Hall–Kier alpha value is -3.95. The van der Waals surface area contributed by atoms with Gasteiger partial charge in [0.05, 0.1) is 57.8 Å². The van der Waals surface area contributed by atoms with Gasteiger partial charge in [0.25, 0.3) is 5.91 Å². The maximum absolute atomic E-state index is 13.8. The first-order valence-electron chi connectivity index (χ1n) is 22.4. The summed E-state index contributed by atoms with van der Waals surface area (Å²) in [6.45, 7) is 3.54. The van der Waals surface area contributed by atoms with Gasteiger partial charge in [-0.15, -0.1) is 0 Å². The maximum atomic E-state index is 13.8. The molecule has 3 fully saturated rings. The van der Waals surface area contributed by atoms with E-state index in [9.17, 15) is 19.3 Å². The minimum atomic E-state index is -0.730. The van der Waals surface area contributed by atoms with Gasteiger partial charge in [0, 0.05) is 59.7 Å². The number of amides is 4. The van der Waals surface area contributed by atoms with Gasteiger partial charge in [-0.05, 0) is 94.1 Å². The number of nitrogens with zero attached hydrogens (tertiary/aromatic N) is 4. The van der Waals surface area contributed by atoms with Gasteiger partial charge in [0.2, 0.25) is 5.91 Å². The smallest absolute Gasteiger partial charge is 0.315 e. The molecule has 65 heavy (non-hydrogen) atoms. The lowest BCUT2D eigenvalue weighted by atomic mass is 9.90. The zero-order valence-corrected chi connectivity index (χ0v) is 39.5. The van der Waals surface area contributed by atoms with Crippen molar-refractivity contribution in [2.24, 2.45) is 15.9 Å². The molecule has 2 heterocycles. The third kappa shape index (κ3) is 19.1. The normalized spacial score (nSPS) is 21.0. The minimum absolute atomic E-state index is 0.0128. The number of amidine groups is 1. The van der Waals surface area contributed by atoms with Crippen molar-refractivity contribution < 1.29 is 38.1 Å². The lowest BCUT2D eigenvalue weighted by Gasteiger charge is -2.37. The molecule has 0 aromatic heterocycles. The highest BCUT2D eigenvalue weighted by Gasteiger charge is 2.42. The van der Waals surface area contributed by atoms with Crippen LogP contribution < -0.4 is 36.6 Å². The monoisotopic (exact) mass is 965 g/mol. The number of thioether (sulfide) groups is 1. The zero-order valence-electron chi connectivity index (χ0n) is 37.1. The van der Waals surface area contributed by atoms with E-state index in [2.05, 4.69) is 26.6 Å². The molecule has 2 aromatic carbocycles. The van der Waals surface area contributed by atoms with Crippen LogP contribution in [0.25, 0.3) is 0 Å². The van der Waals surface area contributed by atoms with Gasteiger partial charge in [0.1, 0.15) is 30.0 Å². The number of rotatable bonds is 31. The van der Waals surface area contributed by atoms with Crippen molar-refractivity contribution in [1.82, 2.24) is 31.3 Å². The number of benzene rings is 2. The van der Waals surface area contributed by atoms with Crippen LogP contribution >= 0.6 is 35.0 Å². The molecule has 360 valence electrons. The fourth-order valence-corrected chi connectivity index (χ4v) is 9.71. The van der Waals surface area contributed by atoms with Crippen LogP contribution in [-0.2, 0) is 23.8 Å². The Labute approximate surface area is 396 Å². The number of hydrazine groups is 1. The molecule has 0 bridgehead atoms. The van der Waals surface area contributed by atoms with Gasteiger partial charge >= 0.3 is 6.03 Å². The Bertz CT molecular complexity index is 1780. The zero-order chi connectivity index (χ0) is 46.2. The minimum Gasteiger partial charge on any atom is -0.486 e. The predicted octanol–water partition coefficient (Wildman–Crippen LogP) is 4.41. The van der Waals surface area contributed by atoms with Crippen LogP contribution in [0.4, 0.5) is 4.79 Å². The highest BCUT2D eigenvalue weighted by atomic mass is 35.5. The molecule has 6 N–H and O–H groups in total. The van der Waals surface area contributed by atoms with E-state index in [0.29, 0.717) is 117 Å². The lowest BCUT2D eigenvalue weighted by Crippen LogP contribution is -2.51. The first kappa shape index (κ1) is 52.0.